The van der Waals surface area contributed by atoms with E-state index in [1.165, 1.54) is 24.7 Å². The molecule has 0 amide bonds. The quantitative estimate of drug-likeness (QED) is 0.284. The Kier molecular flexibility index (Phi) is 5.75. The molecule has 2 heterocycles. The Morgan fingerprint density at radius 2 is 2.03 bits per heavy atom. The van der Waals surface area contributed by atoms with Gasteiger partial charge in [-0.15, -0.1) is 0 Å². The minimum absolute atomic E-state index is 0.139. The number of halogens is 1. The number of nitrogens with zero attached hydrogens (tertiary/aromatic N) is 3. The van der Waals surface area contributed by atoms with Crippen LogP contribution in [0.1, 0.15) is 30.0 Å². The molecule has 1 aliphatic rings. The number of rotatable bonds is 8. The molecule has 4 aromatic rings. The fraction of sp³-hybridized carbons (Fsp3) is 0.190. The first kappa shape index (κ1) is 20.8. The van der Waals surface area contributed by atoms with Gasteiger partial charge in [0.2, 0.25) is 5.95 Å². The molecule has 1 fully saturated rings. The standard InChI is InChI=1S/C21H20ClN7O2S/c22-16-11-23-21(25-14-7-8-15-18(9-14)28-29-19(15)12-5-6-12)27-20(16)26-17-4-2-1-3-13(17)10-24-32(30)31/h1-4,7-9,11-12,24H,5-6,10H2,(H,28,29)(H,30,31)(H2,23,25,26,27)/p-1. The zero-order valence-electron chi connectivity index (χ0n) is 16.8. The van der Waals surface area contributed by atoms with Crippen LogP contribution >= 0.6 is 11.6 Å². The summed E-state index contributed by atoms with van der Waals surface area (Å²) in [5, 5.41) is 15.4. The third kappa shape index (κ3) is 4.58. The Morgan fingerprint density at radius 1 is 1.19 bits per heavy atom. The van der Waals surface area contributed by atoms with Crippen molar-refractivity contribution in [3.05, 3.63) is 64.9 Å². The highest BCUT2D eigenvalue weighted by atomic mass is 35.5. The van der Waals surface area contributed by atoms with Gasteiger partial charge in [-0.05, 0) is 42.7 Å². The number of hydrogen-bond donors (Lipinski definition) is 4. The second-order valence-electron chi connectivity index (χ2n) is 7.50. The van der Waals surface area contributed by atoms with Crippen LogP contribution in [0.4, 0.5) is 23.1 Å². The molecule has 0 saturated heterocycles. The molecular weight excluding hydrogens is 450 g/mol. The van der Waals surface area contributed by atoms with Gasteiger partial charge < -0.3 is 15.2 Å². The second-order valence-corrected chi connectivity index (χ2v) is 8.66. The fourth-order valence-electron chi connectivity index (χ4n) is 3.50. The molecule has 1 unspecified atom stereocenters. The van der Waals surface area contributed by atoms with Crippen LogP contribution in [-0.2, 0) is 17.8 Å². The molecule has 164 valence electrons. The van der Waals surface area contributed by atoms with Crippen molar-refractivity contribution in [1.29, 1.82) is 0 Å². The molecule has 2 aromatic heterocycles. The van der Waals surface area contributed by atoms with Gasteiger partial charge in [0.1, 0.15) is 5.02 Å². The number of nitrogens with one attached hydrogen (secondary N) is 4. The Bertz CT molecular complexity index is 1310. The molecule has 0 radical (unpaired) electrons. The van der Waals surface area contributed by atoms with E-state index in [1.807, 2.05) is 42.5 Å². The van der Waals surface area contributed by atoms with Crippen LogP contribution in [0, 0.1) is 0 Å². The number of hydrogen-bond acceptors (Lipinski definition) is 7. The van der Waals surface area contributed by atoms with Crippen molar-refractivity contribution in [2.75, 3.05) is 10.6 Å². The Balaban J connectivity index is 1.36. The van der Waals surface area contributed by atoms with Crippen molar-refractivity contribution in [2.24, 2.45) is 0 Å². The number of fused-ring (bicyclic) bond motifs is 1. The predicted octanol–water partition coefficient (Wildman–Crippen LogP) is 4.25. The molecule has 5 rings (SSSR count). The Labute approximate surface area is 191 Å². The van der Waals surface area contributed by atoms with Crippen LogP contribution in [0.3, 0.4) is 0 Å². The van der Waals surface area contributed by atoms with E-state index in [-0.39, 0.29) is 6.54 Å². The van der Waals surface area contributed by atoms with Crippen LogP contribution in [0.25, 0.3) is 10.9 Å². The molecule has 1 saturated carbocycles. The number of aromatic nitrogens is 4. The highest BCUT2D eigenvalue weighted by Gasteiger charge is 2.27. The fourth-order valence-corrected chi connectivity index (χ4v) is 3.91. The molecule has 1 atom stereocenters. The van der Waals surface area contributed by atoms with Crippen molar-refractivity contribution in [1.82, 2.24) is 24.9 Å². The van der Waals surface area contributed by atoms with Crippen LogP contribution in [0.2, 0.25) is 5.02 Å². The maximum atomic E-state index is 10.8. The van der Waals surface area contributed by atoms with Crippen molar-refractivity contribution < 1.29 is 8.76 Å². The molecule has 0 aliphatic heterocycles. The van der Waals surface area contributed by atoms with E-state index in [9.17, 15) is 8.76 Å². The summed E-state index contributed by atoms with van der Waals surface area (Å²) in [5.74, 6) is 1.36. The molecule has 32 heavy (non-hydrogen) atoms. The number of aromatic amines is 1. The van der Waals surface area contributed by atoms with E-state index in [0.29, 0.717) is 28.4 Å². The first-order chi connectivity index (χ1) is 15.6. The van der Waals surface area contributed by atoms with Gasteiger partial charge in [-0.3, -0.25) is 9.31 Å². The van der Waals surface area contributed by atoms with Gasteiger partial charge >= 0.3 is 0 Å². The van der Waals surface area contributed by atoms with E-state index >= 15 is 0 Å². The molecule has 2 aromatic carbocycles. The third-order valence-corrected chi connectivity index (χ3v) is 5.88. The summed E-state index contributed by atoms with van der Waals surface area (Å²) in [6, 6.07) is 13.3. The monoisotopic (exact) mass is 468 g/mol. The summed E-state index contributed by atoms with van der Waals surface area (Å²) in [6.07, 6.45) is 3.92. The normalized spacial score (nSPS) is 14.4. The lowest BCUT2D eigenvalue weighted by Crippen LogP contribution is -2.16. The van der Waals surface area contributed by atoms with Crippen LogP contribution < -0.4 is 15.4 Å². The van der Waals surface area contributed by atoms with Crippen LogP contribution in [-0.4, -0.2) is 28.9 Å². The third-order valence-electron chi connectivity index (χ3n) is 5.22. The average Bonchev–Trinajstić information content (AvgIpc) is 3.54. The summed E-state index contributed by atoms with van der Waals surface area (Å²) in [4.78, 5) is 8.75. The summed E-state index contributed by atoms with van der Waals surface area (Å²) >= 11 is 3.95. The molecular formula is C21H19ClN7O2S-. The number of para-hydroxylation sites is 1. The zero-order valence-corrected chi connectivity index (χ0v) is 18.3. The lowest BCUT2D eigenvalue weighted by molar-refractivity contribution is 0.522. The van der Waals surface area contributed by atoms with Crippen LogP contribution in [0.15, 0.2) is 48.7 Å². The van der Waals surface area contributed by atoms with Gasteiger partial charge in [-0.25, -0.2) is 9.71 Å². The van der Waals surface area contributed by atoms with Crippen LogP contribution in [0.5, 0.6) is 0 Å². The highest BCUT2D eigenvalue weighted by Crippen LogP contribution is 2.42. The van der Waals surface area contributed by atoms with Gasteiger partial charge in [-0.1, -0.05) is 29.8 Å². The topological polar surface area (TPSA) is 131 Å². The first-order valence-corrected chi connectivity index (χ1v) is 11.5. The maximum Gasteiger partial charge on any atom is 0.229 e. The molecule has 1 aliphatic carbocycles. The van der Waals surface area contributed by atoms with Crippen molar-refractivity contribution in [3.63, 3.8) is 0 Å². The van der Waals surface area contributed by atoms with E-state index in [0.717, 1.165) is 22.2 Å². The van der Waals surface area contributed by atoms with Gasteiger partial charge in [0.15, 0.2) is 5.82 Å². The summed E-state index contributed by atoms with van der Waals surface area (Å²) < 4.78 is 24.1. The lowest BCUT2D eigenvalue weighted by Gasteiger charge is -2.14. The second kappa shape index (κ2) is 8.83. The van der Waals surface area contributed by atoms with Gasteiger partial charge in [0.05, 0.1) is 11.7 Å². The van der Waals surface area contributed by atoms with Gasteiger partial charge in [0.25, 0.3) is 0 Å². The Morgan fingerprint density at radius 3 is 2.84 bits per heavy atom. The molecule has 11 heteroatoms. The van der Waals surface area contributed by atoms with Gasteiger partial charge in [-0.2, -0.15) is 10.1 Å². The average molecular weight is 469 g/mol. The van der Waals surface area contributed by atoms with Gasteiger partial charge in [0, 0.05) is 46.2 Å². The minimum Gasteiger partial charge on any atom is -0.760 e. The smallest absolute Gasteiger partial charge is 0.229 e. The molecule has 0 bridgehead atoms. The number of benzene rings is 2. The largest absolute Gasteiger partial charge is 0.760 e. The highest BCUT2D eigenvalue weighted by molar-refractivity contribution is 7.77. The molecule has 9 nitrogen and oxygen atoms in total. The maximum absolute atomic E-state index is 10.8. The number of anilines is 4. The summed E-state index contributed by atoms with van der Waals surface area (Å²) in [6.45, 7) is 0.139. The van der Waals surface area contributed by atoms with E-state index in [1.54, 1.807) is 0 Å². The molecule has 4 N–H and O–H groups in total. The number of H-pyrrole nitrogens is 1. The van der Waals surface area contributed by atoms with Crippen molar-refractivity contribution >= 4 is 56.9 Å². The summed E-state index contributed by atoms with van der Waals surface area (Å²) in [7, 11) is 0. The SMILES string of the molecule is O=S([O-])NCc1ccccc1Nc1nc(Nc2ccc3c(C4CC4)[nH]nc3c2)ncc1Cl. The zero-order chi connectivity index (χ0) is 22.1. The van der Waals surface area contributed by atoms with E-state index in [4.69, 9.17) is 11.6 Å². The van der Waals surface area contributed by atoms with E-state index < -0.39 is 11.3 Å². The first-order valence-electron chi connectivity index (χ1n) is 10.0. The lowest BCUT2D eigenvalue weighted by atomic mass is 10.1. The predicted molar refractivity (Wildman–Crippen MR) is 124 cm³/mol. The Hall–Kier alpha value is -3.05. The van der Waals surface area contributed by atoms with Crippen molar-refractivity contribution in [2.45, 2.75) is 25.3 Å². The molecule has 0 spiro atoms. The minimum atomic E-state index is -2.36. The van der Waals surface area contributed by atoms with Crippen molar-refractivity contribution in [3.8, 4) is 0 Å². The van der Waals surface area contributed by atoms with E-state index in [2.05, 4.69) is 35.5 Å². The summed E-state index contributed by atoms with van der Waals surface area (Å²) in [5.41, 5.74) is 4.33.